The lowest BCUT2D eigenvalue weighted by molar-refractivity contribution is -0.385. The normalized spacial score (nSPS) is 14.2. The van der Waals surface area contributed by atoms with Gasteiger partial charge in [0, 0.05) is 57.3 Å². The summed E-state index contributed by atoms with van der Waals surface area (Å²) in [6.45, 7) is 3.09. The zero-order valence-electron chi connectivity index (χ0n) is 20.8. The Balaban J connectivity index is 1.50. The molecule has 2 heterocycles. The Bertz CT molecular complexity index is 1720. The van der Waals surface area contributed by atoms with E-state index in [-0.39, 0.29) is 55.8 Å². The fourth-order valence-electron chi connectivity index (χ4n) is 5.32. The van der Waals surface area contributed by atoms with Crippen molar-refractivity contribution in [2.45, 2.75) is 13.8 Å². The Labute approximate surface area is 224 Å². The van der Waals surface area contributed by atoms with Gasteiger partial charge in [-0.2, -0.15) is 0 Å². The molecule has 0 aromatic heterocycles. The summed E-state index contributed by atoms with van der Waals surface area (Å²) in [6, 6.07) is 13.2. The molecule has 2 aliphatic rings. The van der Waals surface area contributed by atoms with Crippen LogP contribution in [0.1, 0.15) is 52.6 Å². The van der Waals surface area contributed by atoms with Gasteiger partial charge < -0.3 is 0 Å². The Hall–Kier alpha value is -5.78. The number of amides is 4. The van der Waals surface area contributed by atoms with Gasteiger partial charge in [-0.15, -0.1) is 0 Å². The van der Waals surface area contributed by atoms with Gasteiger partial charge in [-0.1, -0.05) is 0 Å². The van der Waals surface area contributed by atoms with Crippen molar-refractivity contribution in [2.24, 2.45) is 0 Å². The van der Waals surface area contributed by atoms with E-state index in [0.717, 1.165) is 9.80 Å². The summed E-state index contributed by atoms with van der Waals surface area (Å²) in [6.07, 6.45) is 0. The molecule has 0 N–H and O–H groups in total. The maximum absolute atomic E-state index is 13.6. The first-order valence-corrected chi connectivity index (χ1v) is 11.9. The second-order valence-corrected chi connectivity index (χ2v) is 9.42. The van der Waals surface area contributed by atoms with Crippen molar-refractivity contribution in [2.75, 3.05) is 9.80 Å². The van der Waals surface area contributed by atoms with Crippen molar-refractivity contribution in [1.82, 2.24) is 0 Å². The maximum atomic E-state index is 13.6. The summed E-state index contributed by atoms with van der Waals surface area (Å²) in [7, 11) is 0. The summed E-state index contributed by atoms with van der Waals surface area (Å²) >= 11 is 0. The number of imide groups is 2. The molecule has 0 bridgehead atoms. The van der Waals surface area contributed by atoms with Gasteiger partial charge in [0.15, 0.2) is 0 Å². The number of rotatable bonds is 4. The molecular formula is C28H16N4O8. The van der Waals surface area contributed by atoms with Crippen LogP contribution in [0.25, 0.3) is 10.8 Å². The quantitative estimate of drug-likeness (QED) is 0.203. The van der Waals surface area contributed by atoms with Gasteiger partial charge in [-0.25, -0.2) is 9.80 Å². The second kappa shape index (κ2) is 8.36. The van der Waals surface area contributed by atoms with E-state index in [1.54, 1.807) is 13.8 Å². The molecule has 40 heavy (non-hydrogen) atoms. The van der Waals surface area contributed by atoms with Crippen LogP contribution in [0.3, 0.4) is 0 Å². The van der Waals surface area contributed by atoms with Gasteiger partial charge in [0.05, 0.1) is 21.2 Å². The van der Waals surface area contributed by atoms with E-state index in [2.05, 4.69) is 0 Å². The summed E-state index contributed by atoms with van der Waals surface area (Å²) in [5, 5.41) is 22.7. The first-order chi connectivity index (χ1) is 19.0. The smallest absolute Gasteiger partial charge is 0.268 e. The molecule has 0 radical (unpaired) electrons. The van der Waals surface area contributed by atoms with Gasteiger partial charge >= 0.3 is 0 Å². The second-order valence-electron chi connectivity index (χ2n) is 9.42. The Morgan fingerprint density at radius 1 is 0.525 bits per heavy atom. The molecule has 0 atom stereocenters. The van der Waals surface area contributed by atoms with E-state index in [0.29, 0.717) is 11.1 Å². The molecule has 2 aliphatic heterocycles. The molecule has 0 spiro atoms. The molecule has 12 heteroatoms. The molecule has 0 aliphatic carbocycles. The average molecular weight is 536 g/mol. The molecule has 12 nitrogen and oxygen atoms in total. The Kier molecular flexibility index (Phi) is 5.13. The minimum Gasteiger partial charge on any atom is -0.268 e. The number of aryl methyl sites for hydroxylation is 2. The number of carbonyl (C=O) groups excluding carboxylic acids is 4. The van der Waals surface area contributed by atoms with Gasteiger partial charge in [-0.3, -0.25) is 39.4 Å². The predicted molar refractivity (Wildman–Crippen MR) is 142 cm³/mol. The lowest BCUT2D eigenvalue weighted by Gasteiger charge is -2.32. The van der Waals surface area contributed by atoms with Crippen LogP contribution in [0.2, 0.25) is 0 Å². The van der Waals surface area contributed by atoms with Crippen molar-refractivity contribution < 1.29 is 29.0 Å². The third-order valence-electron chi connectivity index (χ3n) is 7.16. The van der Waals surface area contributed by atoms with Crippen LogP contribution in [0.4, 0.5) is 22.7 Å². The van der Waals surface area contributed by atoms with Gasteiger partial charge in [0.1, 0.15) is 0 Å². The molecule has 0 saturated carbocycles. The van der Waals surface area contributed by atoms with Crippen LogP contribution in [0.15, 0.2) is 60.7 Å². The number of anilines is 2. The van der Waals surface area contributed by atoms with Crippen molar-refractivity contribution in [1.29, 1.82) is 0 Å². The minimum atomic E-state index is -0.702. The van der Waals surface area contributed by atoms with E-state index < -0.39 is 33.5 Å². The lowest BCUT2D eigenvalue weighted by Crippen LogP contribution is -2.43. The Morgan fingerprint density at radius 3 is 1.07 bits per heavy atom. The summed E-state index contributed by atoms with van der Waals surface area (Å²) in [5.74, 6) is -2.81. The number of nitrogens with zero attached hydrogens (tertiary/aromatic N) is 4. The van der Waals surface area contributed by atoms with E-state index in [1.165, 1.54) is 60.7 Å². The molecule has 4 aromatic carbocycles. The highest BCUT2D eigenvalue weighted by atomic mass is 16.6. The summed E-state index contributed by atoms with van der Waals surface area (Å²) in [5.41, 5.74) is 1.000. The molecule has 6 rings (SSSR count). The zero-order chi connectivity index (χ0) is 28.6. The highest BCUT2D eigenvalue weighted by Gasteiger charge is 2.41. The largest absolute Gasteiger partial charge is 0.269 e. The number of carbonyl (C=O) groups is 4. The monoisotopic (exact) mass is 536 g/mol. The van der Waals surface area contributed by atoms with Crippen LogP contribution in [-0.2, 0) is 0 Å². The molecule has 0 unspecified atom stereocenters. The average Bonchev–Trinajstić information content (AvgIpc) is 2.92. The van der Waals surface area contributed by atoms with Crippen molar-refractivity contribution >= 4 is 57.2 Å². The predicted octanol–water partition coefficient (Wildman–Crippen LogP) is 4.87. The van der Waals surface area contributed by atoms with E-state index in [9.17, 15) is 39.4 Å². The number of hydrogen-bond donors (Lipinski definition) is 0. The number of hydrogen-bond acceptors (Lipinski definition) is 8. The van der Waals surface area contributed by atoms with Crippen LogP contribution in [0.5, 0.6) is 0 Å². The Morgan fingerprint density at radius 2 is 0.825 bits per heavy atom. The van der Waals surface area contributed by atoms with E-state index in [1.807, 2.05) is 0 Å². The number of non-ortho nitro benzene ring substituents is 2. The van der Waals surface area contributed by atoms with Crippen molar-refractivity contribution in [3.8, 4) is 0 Å². The van der Waals surface area contributed by atoms with Crippen LogP contribution >= 0.6 is 0 Å². The van der Waals surface area contributed by atoms with Gasteiger partial charge in [-0.05, 0) is 61.4 Å². The molecule has 4 amide bonds. The fourth-order valence-corrected chi connectivity index (χ4v) is 5.32. The molecule has 0 fully saturated rings. The van der Waals surface area contributed by atoms with Gasteiger partial charge in [0.2, 0.25) is 0 Å². The molecule has 0 saturated heterocycles. The van der Waals surface area contributed by atoms with Crippen LogP contribution < -0.4 is 9.80 Å². The lowest BCUT2D eigenvalue weighted by atomic mass is 9.85. The SMILES string of the molecule is Cc1cc([N+](=O)[O-])ccc1N1C(=O)c2ccc3c4c(ccc(c24)C1=O)C(=O)N(c1ccc([N+](=O)[O-])cc1C)C3=O. The third kappa shape index (κ3) is 3.26. The van der Waals surface area contributed by atoms with Gasteiger partial charge in [0.25, 0.3) is 35.0 Å². The number of benzene rings is 4. The summed E-state index contributed by atoms with van der Waals surface area (Å²) < 4.78 is 0. The highest BCUT2D eigenvalue weighted by Crippen LogP contribution is 2.41. The van der Waals surface area contributed by atoms with Crippen molar-refractivity contribution in [3.05, 3.63) is 114 Å². The first-order valence-electron chi connectivity index (χ1n) is 11.9. The number of nitro benzene ring substituents is 2. The molecular weight excluding hydrogens is 520 g/mol. The van der Waals surface area contributed by atoms with Crippen LogP contribution in [0, 0.1) is 34.1 Å². The maximum Gasteiger partial charge on any atom is 0.269 e. The van der Waals surface area contributed by atoms with E-state index >= 15 is 0 Å². The minimum absolute atomic E-state index is 0.0912. The number of nitro groups is 2. The fraction of sp³-hybridized carbons (Fsp3) is 0.0714. The van der Waals surface area contributed by atoms with E-state index in [4.69, 9.17) is 0 Å². The molecule has 196 valence electrons. The van der Waals surface area contributed by atoms with Crippen molar-refractivity contribution in [3.63, 3.8) is 0 Å². The highest BCUT2D eigenvalue weighted by molar-refractivity contribution is 6.42. The first kappa shape index (κ1) is 24.6. The third-order valence-corrected chi connectivity index (χ3v) is 7.16. The topological polar surface area (TPSA) is 161 Å². The zero-order valence-corrected chi connectivity index (χ0v) is 20.8. The van der Waals surface area contributed by atoms with Crippen LogP contribution in [-0.4, -0.2) is 33.5 Å². The standard InChI is InChI=1S/C28H16N4O8/c1-13-11-15(31(37)38)3-9-21(13)29-25(33)17-5-7-19-24-20(8-6-18(23(17)24)26(29)34)28(36)30(27(19)35)22-10-4-16(32(39)40)12-14(22)2/h3-12H,1-2H3. The molecule has 4 aromatic rings. The summed E-state index contributed by atoms with van der Waals surface area (Å²) in [4.78, 5) is 77.5.